The van der Waals surface area contributed by atoms with E-state index in [1.54, 1.807) is 14.2 Å². The topological polar surface area (TPSA) is 53.7 Å². The van der Waals surface area contributed by atoms with Crippen molar-refractivity contribution in [3.8, 4) is 23.0 Å². The number of hydrogen-bond acceptors (Lipinski definition) is 4. The summed E-state index contributed by atoms with van der Waals surface area (Å²) in [5.74, 6) is 2.42. The Morgan fingerprint density at radius 3 is 2.10 bits per heavy atom. The third-order valence-corrected chi connectivity index (χ3v) is 3.70. The molecule has 0 fully saturated rings. The molecule has 0 aliphatic carbocycles. The molecule has 0 spiro atoms. The van der Waals surface area contributed by atoms with E-state index < -0.39 is 0 Å². The lowest BCUT2D eigenvalue weighted by Gasteiger charge is -2.15. The Bertz CT molecular complexity index is 607. The second-order valence-corrected chi connectivity index (χ2v) is 5.43. The van der Waals surface area contributed by atoms with E-state index in [0.29, 0.717) is 23.0 Å². The molecule has 21 heavy (non-hydrogen) atoms. The van der Waals surface area contributed by atoms with Gasteiger partial charge < -0.3 is 19.9 Å². The molecule has 0 radical (unpaired) electrons. The summed E-state index contributed by atoms with van der Waals surface area (Å²) in [5.41, 5.74) is 6.90. The van der Waals surface area contributed by atoms with Crippen LogP contribution in [-0.2, 0) is 0 Å². The highest BCUT2D eigenvalue weighted by Crippen LogP contribution is 2.42. The monoisotopic (exact) mass is 351 g/mol. The Labute approximate surface area is 132 Å². The first-order valence-electron chi connectivity index (χ1n) is 6.50. The lowest BCUT2D eigenvalue weighted by atomic mass is 10.1. The minimum Gasteiger partial charge on any atom is -0.493 e. The molecule has 5 heteroatoms. The van der Waals surface area contributed by atoms with E-state index in [-0.39, 0.29) is 6.04 Å². The van der Waals surface area contributed by atoms with Crippen molar-refractivity contribution in [1.29, 1.82) is 0 Å². The highest BCUT2D eigenvalue weighted by Gasteiger charge is 2.14. The number of para-hydroxylation sites is 1. The van der Waals surface area contributed by atoms with E-state index in [1.165, 1.54) is 0 Å². The number of rotatable bonds is 5. The fraction of sp³-hybridized carbons (Fsp3) is 0.250. The second kappa shape index (κ2) is 6.83. The third kappa shape index (κ3) is 3.49. The maximum absolute atomic E-state index is 5.95. The van der Waals surface area contributed by atoms with Crippen LogP contribution in [0.1, 0.15) is 18.5 Å². The van der Waals surface area contributed by atoms with Crippen LogP contribution in [0.3, 0.4) is 0 Å². The summed E-state index contributed by atoms with van der Waals surface area (Å²) in [5, 5.41) is 0. The summed E-state index contributed by atoms with van der Waals surface area (Å²) in [4.78, 5) is 0. The fourth-order valence-electron chi connectivity index (χ4n) is 1.91. The van der Waals surface area contributed by atoms with Gasteiger partial charge >= 0.3 is 0 Å². The Balaban J connectivity index is 2.38. The number of halogens is 1. The second-order valence-electron chi connectivity index (χ2n) is 4.57. The van der Waals surface area contributed by atoms with Crippen LogP contribution in [0.5, 0.6) is 23.0 Å². The van der Waals surface area contributed by atoms with Gasteiger partial charge in [-0.1, -0.05) is 12.1 Å². The zero-order valence-electron chi connectivity index (χ0n) is 12.2. The Hall–Kier alpha value is -1.72. The van der Waals surface area contributed by atoms with Crippen LogP contribution in [0.4, 0.5) is 0 Å². The van der Waals surface area contributed by atoms with Crippen molar-refractivity contribution in [1.82, 2.24) is 0 Å². The van der Waals surface area contributed by atoms with Crippen LogP contribution < -0.4 is 19.9 Å². The first-order chi connectivity index (χ1) is 10.1. The molecule has 0 aliphatic heterocycles. The van der Waals surface area contributed by atoms with Gasteiger partial charge in [-0.3, -0.25) is 0 Å². The molecule has 4 nitrogen and oxygen atoms in total. The van der Waals surface area contributed by atoms with E-state index in [0.717, 1.165) is 10.0 Å². The highest BCUT2D eigenvalue weighted by atomic mass is 79.9. The number of hydrogen-bond donors (Lipinski definition) is 1. The van der Waals surface area contributed by atoms with Crippen LogP contribution in [0.25, 0.3) is 0 Å². The quantitative estimate of drug-likeness (QED) is 0.873. The summed E-state index contributed by atoms with van der Waals surface area (Å²) in [6.45, 7) is 1.94. The summed E-state index contributed by atoms with van der Waals surface area (Å²) in [6, 6.07) is 11.2. The van der Waals surface area contributed by atoms with Crippen LogP contribution in [-0.4, -0.2) is 14.2 Å². The molecule has 0 saturated carbocycles. The van der Waals surface area contributed by atoms with Crippen molar-refractivity contribution in [2.24, 2.45) is 5.73 Å². The molecule has 0 saturated heterocycles. The maximum Gasteiger partial charge on any atom is 0.211 e. The number of methoxy groups -OCH3 is 2. The van der Waals surface area contributed by atoms with E-state index in [4.69, 9.17) is 19.9 Å². The molecule has 0 amide bonds. The van der Waals surface area contributed by atoms with E-state index in [1.807, 2.05) is 43.3 Å². The first kappa shape index (κ1) is 15.7. The van der Waals surface area contributed by atoms with Crippen molar-refractivity contribution in [2.75, 3.05) is 14.2 Å². The Kier molecular flexibility index (Phi) is 5.09. The van der Waals surface area contributed by atoms with Gasteiger partial charge in [0.05, 0.1) is 18.7 Å². The predicted molar refractivity (Wildman–Crippen MR) is 86.4 cm³/mol. The van der Waals surface area contributed by atoms with Gasteiger partial charge in [0.2, 0.25) is 5.75 Å². The SMILES string of the molecule is COc1cccc(OC)c1Oc1ccc(C(C)N)cc1Br. The van der Waals surface area contributed by atoms with Gasteiger partial charge in [0.25, 0.3) is 0 Å². The first-order valence-corrected chi connectivity index (χ1v) is 7.30. The average Bonchev–Trinajstić information content (AvgIpc) is 2.49. The average molecular weight is 352 g/mol. The smallest absolute Gasteiger partial charge is 0.211 e. The number of ether oxygens (including phenoxy) is 3. The predicted octanol–water partition coefficient (Wildman–Crippen LogP) is 4.28. The molecule has 1 atom stereocenters. The van der Waals surface area contributed by atoms with E-state index in [9.17, 15) is 0 Å². The van der Waals surface area contributed by atoms with Crippen LogP contribution in [0, 0.1) is 0 Å². The van der Waals surface area contributed by atoms with Gasteiger partial charge in [0.1, 0.15) is 5.75 Å². The summed E-state index contributed by atoms with van der Waals surface area (Å²) >= 11 is 3.50. The molecule has 0 bridgehead atoms. The molecule has 2 aromatic carbocycles. The molecule has 2 aromatic rings. The molecule has 2 N–H and O–H groups in total. The summed E-state index contributed by atoms with van der Waals surface area (Å²) in [6.07, 6.45) is 0. The standard InChI is InChI=1S/C16H18BrNO3/c1-10(18)11-7-8-13(12(17)9-11)21-16-14(19-2)5-4-6-15(16)20-3/h4-10H,18H2,1-3H3. The third-order valence-electron chi connectivity index (χ3n) is 3.08. The molecule has 0 heterocycles. The zero-order valence-corrected chi connectivity index (χ0v) is 13.8. The van der Waals surface area contributed by atoms with E-state index >= 15 is 0 Å². The maximum atomic E-state index is 5.95. The Morgan fingerprint density at radius 2 is 1.62 bits per heavy atom. The summed E-state index contributed by atoms with van der Waals surface area (Å²) < 4.78 is 17.4. The molecule has 2 rings (SSSR count). The fourth-order valence-corrected chi connectivity index (χ4v) is 2.39. The van der Waals surface area contributed by atoms with Gasteiger partial charge in [-0.2, -0.15) is 0 Å². The van der Waals surface area contributed by atoms with Crippen molar-refractivity contribution >= 4 is 15.9 Å². The zero-order chi connectivity index (χ0) is 15.4. The van der Waals surface area contributed by atoms with Crippen LogP contribution in [0.2, 0.25) is 0 Å². The molecule has 112 valence electrons. The number of benzene rings is 2. The summed E-state index contributed by atoms with van der Waals surface area (Å²) in [7, 11) is 3.19. The lowest BCUT2D eigenvalue weighted by Crippen LogP contribution is -2.04. The number of nitrogens with two attached hydrogens (primary N) is 1. The minimum atomic E-state index is -0.0313. The van der Waals surface area contributed by atoms with Gasteiger partial charge in [-0.15, -0.1) is 0 Å². The van der Waals surface area contributed by atoms with Crippen LogP contribution in [0.15, 0.2) is 40.9 Å². The van der Waals surface area contributed by atoms with E-state index in [2.05, 4.69) is 15.9 Å². The van der Waals surface area contributed by atoms with Crippen LogP contribution >= 0.6 is 15.9 Å². The molecule has 0 aliphatic rings. The van der Waals surface area contributed by atoms with Crippen molar-refractivity contribution in [3.05, 3.63) is 46.4 Å². The minimum absolute atomic E-state index is 0.0313. The van der Waals surface area contributed by atoms with Gasteiger partial charge in [0, 0.05) is 6.04 Å². The highest BCUT2D eigenvalue weighted by molar-refractivity contribution is 9.10. The molecular weight excluding hydrogens is 334 g/mol. The van der Waals surface area contributed by atoms with Crippen molar-refractivity contribution in [3.63, 3.8) is 0 Å². The normalized spacial score (nSPS) is 11.9. The van der Waals surface area contributed by atoms with Gasteiger partial charge in [-0.05, 0) is 52.7 Å². The largest absolute Gasteiger partial charge is 0.493 e. The molecule has 1 unspecified atom stereocenters. The van der Waals surface area contributed by atoms with Gasteiger partial charge in [-0.25, -0.2) is 0 Å². The lowest BCUT2D eigenvalue weighted by molar-refractivity contribution is 0.345. The molecule has 0 aromatic heterocycles. The van der Waals surface area contributed by atoms with Crippen molar-refractivity contribution in [2.45, 2.75) is 13.0 Å². The van der Waals surface area contributed by atoms with Gasteiger partial charge in [0.15, 0.2) is 11.5 Å². The van der Waals surface area contributed by atoms with Crippen molar-refractivity contribution < 1.29 is 14.2 Å². The Morgan fingerprint density at radius 1 is 1.00 bits per heavy atom. The molecular formula is C16H18BrNO3.